The summed E-state index contributed by atoms with van der Waals surface area (Å²) in [6, 6.07) is 3.13. The third kappa shape index (κ3) is 3.25. The van der Waals surface area contributed by atoms with Gasteiger partial charge < -0.3 is 19.5 Å². The van der Waals surface area contributed by atoms with Gasteiger partial charge in [-0.1, -0.05) is 23.2 Å². The van der Waals surface area contributed by atoms with Gasteiger partial charge in [-0.2, -0.15) is 0 Å². The molecular formula is C15H17Cl2NO4. The summed E-state index contributed by atoms with van der Waals surface area (Å²) >= 11 is 12.4. The molecule has 1 heterocycles. The lowest BCUT2D eigenvalue weighted by Gasteiger charge is -2.18. The minimum absolute atomic E-state index is 0.0937. The van der Waals surface area contributed by atoms with Gasteiger partial charge in [0.25, 0.3) is 0 Å². The van der Waals surface area contributed by atoms with E-state index in [4.69, 9.17) is 32.7 Å². The van der Waals surface area contributed by atoms with Crippen molar-refractivity contribution in [3.63, 3.8) is 0 Å². The number of amides is 1. The first-order valence-electron chi connectivity index (χ1n) is 6.70. The van der Waals surface area contributed by atoms with Gasteiger partial charge in [0.15, 0.2) is 0 Å². The number of carbonyl (C=O) groups is 1. The zero-order valence-corrected chi connectivity index (χ0v) is 13.8. The van der Waals surface area contributed by atoms with Crippen LogP contribution in [-0.4, -0.2) is 42.9 Å². The maximum absolute atomic E-state index is 11.4. The molecule has 0 saturated carbocycles. The number of halogens is 2. The molecule has 1 N–H and O–H groups in total. The molecule has 7 heteroatoms. The smallest absolute Gasteiger partial charge is 0.407 e. The van der Waals surface area contributed by atoms with Crippen molar-refractivity contribution in [1.29, 1.82) is 0 Å². The molecule has 1 amide bonds. The lowest BCUT2D eigenvalue weighted by molar-refractivity contribution is 0.146. The largest absolute Gasteiger partial charge is 0.505 e. The Morgan fingerprint density at radius 1 is 1.41 bits per heavy atom. The molecule has 0 aliphatic carbocycles. The standard InChI is InChI=1S/C15H17Cl2NO4/c1-21-6-5-10-7-9(8-18(10)15(19)20)13-12(22-2)4-3-11(16)14(13)17/h3-6,9-10H,7-8H2,1-2H3,(H,19,20)/t9-,10+/m0/s1. The second kappa shape index (κ2) is 7.11. The van der Waals surface area contributed by atoms with Crippen molar-refractivity contribution in [2.45, 2.75) is 18.4 Å². The summed E-state index contributed by atoms with van der Waals surface area (Å²) in [6.45, 7) is 0.324. The van der Waals surface area contributed by atoms with E-state index < -0.39 is 6.09 Å². The van der Waals surface area contributed by atoms with Crippen molar-refractivity contribution in [3.8, 4) is 5.75 Å². The summed E-state index contributed by atoms with van der Waals surface area (Å²) in [5, 5.41) is 10.2. The second-order valence-corrected chi connectivity index (χ2v) is 5.76. The molecule has 1 aromatic carbocycles. The zero-order chi connectivity index (χ0) is 16.3. The maximum Gasteiger partial charge on any atom is 0.407 e. The van der Waals surface area contributed by atoms with E-state index in [1.54, 1.807) is 25.3 Å². The Morgan fingerprint density at radius 3 is 2.73 bits per heavy atom. The zero-order valence-electron chi connectivity index (χ0n) is 12.3. The molecule has 1 aliphatic rings. The highest BCUT2D eigenvalue weighted by atomic mass is 35.5. The molecule has 0 aromatic heterocycles. The van der Waals surface area contributed by atoms with E-state index in [1.807, 2.05) is 0 Å². The normalized spacial score (nSPS) is 21.4. The number of methoxy groups -OCH3 is 2. The quantitative estimate of drug-likeness (QED) is 0.838. The van der Waals surface area contributed by atoms with Crippen LogP contribution in [0.2, 0.25) is 10.0 Å². The first-order chi connectivity index (χ1) is 10.5. The van der Waals surface area contributed by atoms with Crippen LogP contribution >= 0.6 is 23.2 Å². The van der Waals surface area contributed by atoms with Crippen molar-refractivity contribution < 1.29 is 19.4 Å². The van der Waals surface area contributed by atoms with Crippen LogP contribution in [0.1, 0.15) is 17.9 Å². The fraction of sp³-hybridized carbons (Fsp3) is 0.400. The van der Waals surface area contributed by atoms with Gasteiger partial charge in [0.05, 0.1) is 36.6 Å². The Morgan fingerprint density at radius 2 is 2.14 bits per heavy atom. The minimum Gasteiger partial charge on any atom is -0.505 e. The van der Waals surface area contributed by atoms with Gasteiger partial charge in [-0.25, -0.2) is 4.79 Å². The highest BCUT2D eigenvalue weighted by Crippen LogP contribution is 2.43. The van der Waals surface area contributed by atoms with Crippen molar-refractivity contribution in [3.05, 3.63) is 40.1 Å². The highest BCUT2D eigenvalue weighted by Gasteiger charge is 2.37. The molecule has 2 rings (SSSR count). The first-order valence-corrected chi connectivity index (χ1v) is 7.46. The average molecular weight is 346 g/mol. The van der Waals surface area contributed by atoms with E-state index in [0.717, 1.165) is 5.56 Å². The topological polar surface area (TPSA) is 59.0 Å². The Kier molecular flexibility index (Phi) is 5.42. The van der Waals surface area contributed by atoms with Crippen LogP contribution in [0.4, 0.5) is 4.79 Å². The summed E-state index contributed by atoms with van der Waals surface area (Å²) in [6.07, 6.45) is 2.81. The molecular weight excluding hydrogens is 329 g/mol. The maximum atomic E-state index is 11.4. The van der Waals surface area contributed by atoms with Crippen LogP contribution in [0.15, 0.2) is 24.5 Å². The van der Waals surface area contributed by atoms with E-state index in [0.29, 0.717) is 28.8 Å². The summed E-state index contributed by atoms with van der Waals surface area (Å²) < 4.78 is 10.2. The van der Waals surface area contributed by atoms with Crippen LogP contribution in [-0.2, 0) is 4.74 Å². The number of hydrogen-bond donors (Lipinski definition) is 1. The number of rotatable bonds is 4. The molecule has 0 bridgehead atoms. The van der Waals surface area contributed by atoms with E-state index in [-0.39, 0.29) is 12.0 Å². The third-order valence-electron chi connectivity index (χ3n) is 3.75. The molecule has 0 unspecified atom stereocenters. The molecule has 1 fully saturated rings. The second-order valence-electron chi connectivity index (χ2n) is 4.98. The van der Waals surface area contributed by atoms with Crippen molar-refractivity contribution >= 4 is 29.3 Å². The number of hydrogen-bond acceptors (Lipinski definition) is 3. The van der Waals surface area contributed by atoms with E-state index >= 15 is 0 Å². The molecule has 1 aromatic rings. The van der Waals surface area contributed by atoms with E-state index in [2.05, 4.69) is 0 Å². The molecule has 120 valence electrons. The van der Waals surface area contributed by atoms with Gasteiger partial charge in [0.1, 0.15) is 5.75 Å². The summed E-state index contributed by atoms with van der Waals surface area (Å²) in [4.78, 5) is 12.8. The van der Waals surface area contributed by atoms with Gasteiger partial charge in [-0.05, 0) is 24.6 Å². The molecule has 0 spiro atoms. The van der Waals surface area contributed by atoms with Crippen LogP contribution in [0.3, 0.4) is 0 Å². The first kappa shape index (κ1) is 16.8. The summed E-state index contributed by atoms with van der Waals surface area (Å²) in [5.41, 5.74) is 0.747. The number of carboxylic acid groups (broad SMARTS) is 1. The predicted octanol–water partition coefficient (Wildman–Crippen LogP) is 4.00. The number of likely N-dealkylation sites (tertiary alicyclic amines) is 1. The van der Waals surface area contributed by atoms with E-state index in [1.165, 1.54) is 18.3 Å². The van der Waals surface area contributed by atoms with Crippen LogP contribution in [0.25, 0.3) is 0 Å². The monoisotopic (exact) mass is 345 g/mol. The van der Waals surface area contributed by atoms with Gasteiger partial charge >= 0.3 is 6.09 Å². The fourth-order valence-corrected chi connectivity index (χ4v) is 3.23. The SMILES string of the molecule is COC=C[C@@H]1C[C@H](c2c(OC)ccc(Cl)c2Cl)CN1C(=O)O. The molecule has 5 nitrogen and oxygen atoms in total. The van der Waals surface area contributed by atoms with Crippen molar-refractivity contribution in [1.82, 2.24) is 4.90 Å². The molecule has 22 heavy (non-hydrogen) atoms. The fourth-order valence-electron chi connectivity index (χ4n) is 2.75. The number of ether oxygens (including phenoxy) is 2. The average Bonchev–Trinajstić information content (AvgIpc) is 2.91. The highest BCUT2D eigenvalue weighted by molar-refractivity contribution is 6.42. The Labute approximate surface area is 139 Å². The Bertz CT molecular complexity index is 591. The van der Waals surface area contributed by atoms with Gasteiger partial charge in [-0.3, -0.25) is 0 Å². The Balaban J connectivity index is 2.36. The number of nitrogens with zero attached hydrogens (tertiary/aromatic N) is 1. The Hall–Kier alpha value is -1.59. The van der Waals surface area contributed by atoms with Gasteiger partial charge in [0, 0.05) is 18.0 Å². The molecule has 2 atom stereocenters. The van der Waals surface area contributed by atoms with Crippen LogP contribution < -0.4 is 4.74 Å². The lowest BCUT2D eigenvalue weighted by atomic mass is 9.95. The summed E-state index contributed by atoms with van der Waals surface area (Å²) in [5.74, 6) is 0.518. The third-order valence-corrected chi connectivity index (χ3v) is 4.57. The predicted molar refractivity (Wildman–Crippen MR) is 85.0 cm³/mol. The molecule has 0 radical (unpaired) electrons. The van der Waals surface area contributed by atoms with Crippen LogP contribution in [0.5, 0.6) is 5.75 Å². The molecule has 1 saturated heterocycles. The van der Waals surface area contributed by atoms with Crippen LogP contribution in [0, 0.1) is 0 Å². The minimum atomic E-state index is -0.981. The van der Waals surface area contributed by atoms with Gasteiger partial charge in [0.2, 0.25) is 0 Å². The lowest BCUT2D eigenvalue weighted by Crippen LogP contribution is -2.33. The van der Waals surface area contributed by atoms with Gasteiger partial charge in [-0.15, -0.1) is 0 Å². The van der Waals surface area contributed by atoms with E-state index in [9.17, 15) is 9.90 Å². The van der Waals surface area contributed by atoms with Crippen molar-refractivity contribution in [2.75, 3.05) is 20.8 Å². The molecule has 1 aliphatic heterocycles. The number of benzene rings is 1. The summed E-state index contributed by atoms with van der Waals surface area (Å²) in [7, 11) is 3.07. The van der Waals surface area contributed by atoms with Crippen molar-refractivity contribution in [2.24, 2.45) is 0 Å².